The maximum Gasteiger partial charge on any atom is 0.319 e. The van der Waals surface area contributed by atoms with E-state index in [9.17, 15) is 4.79 Å². The van der Waals surface area contributed by atoms with Gasteiger partial charge in [0.25, 0.3) is 0 Å². The number of hydrogen-bond donors (Lipinski definition) is 2. The van der Waals surface area contributed by atoms with Crippen LogP contribution in [0.25, 0.3) is 0 Å². The van der Waals surface area contributed by atoms with E-state index in [1.54, 1.807) is 0 Å². The molecule has 0 aliphatic carbocycles. The van der Waals surface area contributed by atoms with Crippen LogP contribution >= 0.6 is 11.6 Å². The lowest BCUT2D eigenvalue weighted by molar-refractivity contribution is 0.248. The predicted molar refractivity (Wildman–Crippen MR) is 95.9 cm³/mol. The van der Waals surface area contributed by atoms with Crippen molar-refractivity contribution in [2.24, 2.45) is 0 Å². The number of carbonyl (C=O) groups excluding carboxylic acids is 1. The number of nitrogens with one attached hydrogen (secondary N) is 2. The zero-order chi connectivity index (χ0) is 16.2. The largest absolute Gasteiger partial charge is 0.334 e. The fraction of sp³-hybridized carbons (Fsp3) is 0.611. The molecule has 0 saturated carbocycles. The van der Waals surface area contributed by atoms with E-state index in [1.165, 1.54) is 31.2 Å². The lowest BCUT2D eigenvalue weighted by Crippen LogP contribution is -2.39. The molecule has 2 amide bonds. The van der Waals surface area contributed by atoms with Gasteiger partial charge < -0.3 is 10.6 Å². The van der Waals surface area contributed by atoms with Crippen molar-refractivity contribution in [1.29, 1.82) is 0 Å². The number of rotatable bonds is 10. The summed E-state index contributed by atoms with van der Waals surface area (Å²) in [5, 5.41) is 5.76. The molecule has 1 aromatic carbocycles. The van der Waals surface area contributed by atoms with Crippen LogP contribution in [0.1, 0.15) is 57.9 Å². The van der Waals surface area contributed by atoms with Crippen LogP contribution in [0.15, 0.2) is 24.3 Å². The Morgan fingerprint density at radius 1 is 1.09 bits per heavy atom. The summed E-state index contributed by atoms with van der Waals surface area (Å²) in [6.07, 6.45) is 8.10. The van der Waals surface area contributed by atoms with Crippen molar-refractivity contribution in [3.63, 3.8) is 0 Å². The summed E-state index contributed by atoms with van der Waals surface area (Å²) in [5.74, 6) is 0.442. The molecule has 0 saturated heterocycles. The van der Waals surface area contributed by atoms with Gasteiger partial charge in [-0.1, -0.05) is 51.7 Å². The summed E-state index contributed by atoms with van der Waals surface area (Å²) in [6.45, 7) is 4.30. The highest BCUT2D eigenvalue weighted by Crippen LogP contribution is 2.13. The van der Waals surface area contributed by atoms with Gasteiger partial charge in [-0.05, 0) is 37.0 Å². The second-order valence-electron chi connectivity index (χ2n) is 5.75. The van der Waals surface area contributed by atoms with Crippen molar-refractivity contribution in [3.8, 4) is 0 Å². The van der Waals surface area contributed by atoms with Crippen LogP contribution in [-0.4, -0.2) is 18.0 Å². The first-order valence-electron chi connectivity index (χ1n) is 8.42. The fourth-order valence-corrected chi connectivity index (χ4v) is 2.63. The van der Waals surface area contributed by atoms with Crippen LogP contribution in [0.4, 0.5) is 10.5 Å². The standard InChI is InChI=1S/C18H29ClN2O/c1-3-5-6-7-9-15-10-12-16(13-11-15)20-18(22)21-17(14-19)8-4-2/h10-13,17H,3-9,14H2,1-2H3,(H2,20,21,22). The van der Waals surface area contributed by atoms with Crippen molar-refractivity contribution in [2.75, 3.05) is 11.2 Å². The maximum atomic E-state index is 11.9. The number of anilines is 1. The van der Waals surface area contributed by atoms with Crippen LogP contribution in [0.5, 0.6) is 0 Å². The van der Waals surface area contributed by atoms with Crippen LogP contribution in [0.2, 0.25) is 0 Å². The third-order valence-corrected chi connectivity index (χ3v) is 4.06. The fourth-order valence-electron chi connectivity index (χ4n) is 2.40. The zero-order valence-corrected chi connectivity index (χ0v) is 14.6. The average Bonchev–Trinajstić information content (AvgIpc) is 2.52. The monoisotopic (exact) mass is 324 g/mol. The molecule has 22 heavy (non-hydrogen) atoms. The number of benzene rings is 1. The Labute approximate surface area is 139 Å². The summed E-state index contributed by atoms with van der Waals surface area (Å²) < 4.78 is 0. The van der Waals surface area contributed by atoms with Gasteiger partial charge in [-0.3, -0.25) is 0 Å². The van der Waals surface area contributed by atoms with Gasteiger partial charge in [0, 0.05) is 17.6 Å². The van der Waals surface area contributed by atoms with Crippen molar-refractivity contribution in [2.45, 2.75) is 64.8 Å². The second-order valence-corrected chi connectivity index (χ2v) is 6.05. The molecule has 0 spiro atoms. The Morgan fingerprint density at radius 2 is 1.82 bits per heavy atom. The molecule has 0 bridgehead atoms. The third kappa shape index (κ3) is 7.69. The SMILES string of the molecule is CCCCCCc1ccc(NC(=O)NC(CCl)CCC)cc1. The number of halogens is 1. The zero-order valence-electron chi connectivity index (χ0n) is 13.8. The molecule has 0 radical (unpaired) electrons. The highest BCUT2D eigenvalue weighted by molar-refractivity contribution is 6.18. The van der Waals surface area contributed by atoms with Crippen LogP contribution in [-0.2, 0) is 6.42 Å². The summed E-state index contributed by atoms with van der Waals surface area (Å²) in [6, 6.07) is 7.95. The van der Waals surface area contributed by atoms with Gasteiger partial charge in [-0.2, -0.15) is 0 Å². The molecular formula is C18H29ClN2O. The van der Waals surface area contributed by atoms with Gasteiger partial charge in [0.1, 0.15) is 0 Å². The summed E-state index contributed by atoms with van der Waals surface area (Å²) >= 11 is 5.84. The van der Waals surface area contributed by atoms with Crippen LogP contribution in [0, 0.1) is 0 Å². The maximum absolute atomic E-state index is 11.9. The first kappa shape index (κ1) is 18.8. The average molecular weight is 325 g/mol. The van der Waals surface area contributed by atoms with Gasteiger partial charge in [0.05, 0.1) is 0 Å². The Hall–Kier alpha value is -1.22. The second kappa shape index (κ2) is 11.4. The number of amides is 2. The Balaban J connectivity index is 2.38. The normalized spacial score (nSPS) is 12.0. The molecule has 0 aliphatic rings. The molecule has 0 heterocycles. The first-order valence-corrected chi connectivity index (χ1v) is 8.95. The molecule has 1 aromatic rings. The van der Waals surface area contributed by atoms with Gasteiger partial charge >= 0.3 is 6.03 Å². The van der Waals surface area contributed by atoms with Gasteiger partial charge in [0.15, 0.2) is 0 Å². The number of unbranched alkanes of at least 4 members (excludes halogenated alkanes) is 3. The van der Waals surface area contributed by atoms with E-state index in [0.29, 0.717) is 5.88 Å². The number of alkyl halides is 1. The molecular weight excluding hydrogens is 296 g/mol. The first-order chi connectivity index (χ1) is 10.7. The van der Waals surface area contributed by atoms with Gasteiger partial charge in [0.2, 0.25) is 0 Å². The van der Waals surface area contributed by atoms with Crippen LogP contribution < -0.4 is 10.6 Å². The smallest absolute Gasteiger partial charge is 0.319 e. The molecule has 3 nitrogen and oxygen atoms in total. The van der Waals surface area contributed by atoms with E-state index in [0.717, 1.165) is 24.9 Å². The molecule has 124 valence electrons. The molecule has 2 N–H and O–H groups in total. The lowest BCUT2D eigenvalue weighted by atomic mass is 10.1. The minimum absolute atomic E-state index is 0.0319. The van der Waals surface area contributed by atoms with Gasteiger partial charge in [-0.15, -0.1) is 11.6 Å². The minimum Gasteiger partial charge on any atom is -0.334 e. The molecule has 1 rings (SSSR count). The van der Waals surface area contributed by atoms with Crippen molar-refractivity contribution in [3.05, 3.63) is 29.8 Å². The van der Waals surface area contributed by atoms with E-state index in [2.05, 4.69) is 36.6 Å². The number of urea groups is 1. The number of aryl methyl sites for hydroxylation is 1. The summed E-state index contributed by atoms with van der Waals surface area (Å²) in [5.41, 5.74) is 2.14. The topological polar surface area (TPSA) is 41.1 Å². The minimum atomic E-state index is -0.185. The number of carbonyl (C=O) groups is 1. The Kier molecular flexibility index (Phi) is 9.72. The highest BCUT2D eigenvalue weighted by Gasteiger charge is 2.10. The van der Waals surface area contributed by atoms with E-state index in [-0.39, 0.29) is 12.1 Å². The lowest BCUT2D eigenvalue weighted by Gasteiger charge is -2.15. The quantitative estimate of drug-likeness (QED) is 0.442. The van der Waals surface area contributed by atoms with Gasteiger partial charge in [-0.25, -0.2) is 4.79 Å². The third-order valence-electron chi connectivity index (χ3n) is 3.69. The number of hydrogen-bond acceptors (Lipinski definition) is 1. The molecule has 0 fully saturated rings. The molecule has 0 aliphatic heterocycles. The van der Waals surface area contributed by atoms with E-state index >= 15 is 0 Å². The summed E-state index contributed by atoms with van der Waals surface area (Å²) in [7, 11) is 0. The van der Waals surface area contributed by atoms with E-state index < -0.39 is 0 Å². The highest BCUT2D eigenvalue weighted by atomic mass is 35.5. The van der Waals surface area contributed by atoms with E-state index in [1.807, 2.05) is 12.1 Å². The Bertz CT molecular complexity index is 420. The molecule has 1 unspecified atom stereocenters. The van der Waals surface area contributed by atoms with Crippen molar-refractivity contribution in [1.82, 2.24) is 5.32 Å². The van der Waals surface area contributed by atoms with Crippen molar-refractivity contribution < 1.29 is 4.79 Å². The molecule has 1 atom stereocenters. The molecule has 4 heteroatoms. The van der Waals surface area contributed by atoms with Crippen molar-refractivity contribution >= 4 is 23.3 Å². The van der Waals surface area contributed by atoms with E-state index in [4.69, 9.17) is 11.6 Å². The summed E-state index contributed by atoms with van der Waals surface area (Å²) in [4.78, 5) is 11.9. The Morgan fingerprint density at radius 3 is 2.41 bits per heavy atom. The molecule has 0 aromatic heterocycles. The van der Waals surface area contributed by atoms with Crippen LogP contribution in [0.3, 0.4) is 0 Å². The predicted octanol–water partition coefficient (Wildman–Crippen LogP) is 5.34.